The maximum absolute atomic E-state index is 4.54. The number of nitrogens with zero attached hydrogens (tertiary/aromatic N) is 3. The van der Waals surface area contributed by atoms with Gasteiger partial charge < -0.3 is 5.32 Å². The lowest BCUT2D eigenvalue weighted by atomic mass is 10.1. The Kier molecular flexibility index (Phi) is 5.13. The highest BCUT2D eigenvalue weighted by molar-refractivity contribution is 7.97. The molecule has 0 aliphatic carbocycles. The van der Waals surface area contributed by atoms with Gasteiger partial charge in [0.05, 0.1) is 12.2 Å². The predicted octanol–water partition coefficient (Wildman–Crippen LogP) is 2.55. The predicted molar refractivity (Wildman–Crippen MR) is 98.8 cm³/mol. The van der Waals surface area contributed by atoms with Gasteiger partial charge in [0.2, 0.25) is 0 Å². The maximum Gasteiger partial charge on any atom is 0.0586 e. The van der Waals surface area contributed by atoms with Gasteiger partial charge in [0.15, 0.2) is 0 Å². The van der Waals surface area contributed by atoms with E-state index in [0.717, 1.165) is 52.2 Å². The standard InChI is InChI=1S/C19H24N4S/c1-3-16(14-22-11-8-20-9-12-22)13-18(5-1)24-23-10-6-17-4-2-7-21-19(17)15-23/h1-5,7,13,20H,6,8-12,14-15H2. The Labute approximate surface area is 148 Å². The molecule has 0 unspecified atom stereocenters. The number of piperazine rings is 1. The van der Waals surface area contributed by atoms with E-state index in [9.17, 15) is 0 Å². The number of fused-ring (bicyclic) bond motifs is 1. The zero-order chi connectivity index (χ0) is 16.2. The fourth-order valence-electron chi connectivity index (χ4n) is 3.39. The van der Waals surface area contributed by atoms with Gasteiger partial charge in [-0.3, -0.25) is 9.88 Å². The third-order valence-electron chi connectivity index (χ3n) is 4.69. The molecule has 5 heteroatoms. The highest BCUT2D eigenvalue weighted by Crippen LogP contribution is 2.29. The third kappa shape index (κ3) is 3.98. The van der Waals surface area contributed by atoms with Crippen molar-refractivity contribution in [2.45, 2.75) is 24.4 Å². The molecule has 4 nitrogen and oxygen atoms in total. The van der Waals surface area contributed by atoms with Crippen LogP contribution >= 0.6 is 11.9 Å². The number of benzene rings is 1. The van der Waals surface area contributed by atoms with E-state index in [1.807, 2.05) is 24.2 Å². The molecule has 0 atom stereocenters. The van der Waals surface area contributed by atoms with Crippen LogP contribution in [0, 0.1) is 0 Å². The van der Waals surface area contributed by atoms with Crippen molar-refractivity contribution in [1.82, 2.24) is 19.5 Å². The molecule has 1 aromatic carbocycles. The molecule has 4 rings (SSSR count). The molecule has 3 heterocycles. The lowest BCUT2D eigenvalue weighted by Gasteiger charge is -2.28. The minimum Gasteiger partial charge on any atom is -0.314 e. The third-order valence-corrected chi connectivity index (χ3v) is 5.72. The lowest BCUT2D eigenvalue weighted by molar-refractivity contribution is 0.233. The second-order valence-corrected chi connectivity index (χ2v) is 7.66. The van der Waals surface area contributed by atoms with Gasteiger partial charge >= 0.3 is 0 Å². The SMILES string of the molecule is c1cc(CN2CCNCC2)cc(SN2CCc3cccnc3C2)c1. The number of hydrogen-bond acceptors (Lipinski definition) is 5. The van der Waals surface area contributed by atoms with Gasteiger partial charge in [0, 0.05) is 50.4 Å². The topological polar surface area (TPSA) is 31.4 Å². The monoisotopic (exact) mass is 340 g/mol. The average molecular weight is 340 g/mol. The zero-order valence-electron chi connectivity index (χ0n) is 13.9. The Morgan fingerprint density at radius 2 is 2.00 bits per heavy atom. The van der Waals surface area contributed by atoms with Crippen molar-refractivity contribution in [3.8, 4) is 0 Å². The Bertz CT molecular complexity index is 685. The van der Waals surface area contributed by atoms with Crippen molar-refractivity contribution >= 4 is 11.9 Å². The number of aromatic nitrogens is 1. The van der Waals surface area contributed by atoms with Crippen LogP contribution in [0.2, 0.25) is 0 Å². The van der Waals surface area contributed by atoms with Gasteiger partial charge in [-0.1, -0.05) is 18.2 Å². The summed E-state index contributed by atoms with van der Waals surface area (Å²) in [5.74, 6) is 0. The summed E-state index contributed by atoms with van der Waals surface area (Å²) >= 11 is 1.87. The van der Waals surface area contributed by atoms with Crippen molar-refractivity contribution in [3.05, 3.63) is 59.4 Å². The first-order valence-corrected chi connectivity index (χ1v) is 9.52. The molecule has 0 bridgehead atoms. The number of pyridine rings is 1. The molecular formula is C19H24N4S. The van der Waals surface area contributed by atoms with Crippen LogP contribution in [0.3, 0.4) is 0 Å². The lowest BCUT2D eigenvalue weighted by Crippen LogP contribution is -2.42. The summed E-state index contributed by atoms with van der Waals surface area (Å²) in [5, 5.41) is 3.42. The van der Waals surface area contributed by atoms with Gasteiger partial charge in [0.1, 0.15) is 0 Å². The van der Waals surface area contributed by atoms with Crippen molar-refractivity contribution < 1.29 is 0 Å². The van der Waals surface area contributed by atoms with Crippen molar-refractivity contribution in [3.63, 3.8) is 0 Å². The average Bonchev–Trinajstić information content (AvgIpc) is 2.63. The van der Waals surface area contributed by atoms with Crippen LogP contribution < -0.4 is 5.32 Å². The van der Waals surface area contributed by atoms with E-state index >= 15 is 0 Å². The molecule has 0 saturated carbocycles. The number of rotatable bonds is 4. The van der Waals surface area contributed by atoms with Crippen LogP contribution in [0.5, 0.6) is 0 Å². The smallest absolute Gasteiger partial charge is 0.0586 e. The van der Waals surface area contributed by atoms with Crippen LogP contribution in [0.15, 0.2) is 47.5 Å². The molecule has 2 aliphatic heterocycles. The summed E-state index contributed by atoms with van der Waals surface area (Å²) in [5.41, 5.74) is 4.05. The van der Waals surface area contributed by atoms with Crippen LogP contribution in [0.1, 0.15) is 16.8 Å². The van der Waals surface area contributed by atoms with Gasteiger partial charge in [-0.25, -0.2) is 4.31 Å². The van der Waals surface area contributed by atoms with Gasteiger partial charge in [-0.15, -0.1) is 0 Å². The van der Waals surface area contributed by atoms with Crippen molar-refractivity contribution in [2.24, 2.45) is 0 Å². The normalized spacial score (nSPS) is 19.2. The van der Waals surface area contributed by atoms with Crippen LogP contribution in [-0.4, -0.2) is 46.9 Å². The van der Waals surface area contributed by atoms with Gasteiger partial charge in [-0.05, 0) is 47.7 Å². The molecule has 24 heavy (non-hydrogen) atoms. The van der Waals surface area contributed by atoms with Gasteiger partial charge in [-0.2, -0.15) is 0 Å². The second kappa shape index (κ2) is 7.66. The van der Waals surface area contributed by atoms with E-state index in [1.165, 1.54) is 21.7 Å². The molecule has 0 amide bonds. The molecule has 1 saturated heterocycles. The maximum atomic E-state index is 4.54. The Hall–Kier alpha value is -1.40. The molecule has 2 aliphatic rings. The second-order valence-electron chi connectivity index (χ2n) is 6.49. The molecular weight excluding hydrogens is 316 g/mol. The number of hydrogen-bond donors (Lipinski definition) is 1. The zero-order valence-corrected chi connectivity index (χ0v) is 14.8. The first-order valence-electron chi connectivity index (χ1n) is 8.74. The van der Waals surface area contributed by atoms with E-state index < -0.39 is 0 Å². The van der Waals surface area contributed by atoms with E-state index in [-0.39, 0.29) is 0 Å². The Morgan fingerprint density at radius 1 is 1.08 bits per heavy atom. The van der Waals surface area contributed by atoms with E-state index in [4.69, 9.17) is 0 Å². The molecule has 126 valence electrons. The van der Waals surface area contributed by atoms with Gasteiger partial charge in [0.25, 0.3) is 0 Å². The highest BCUT2D eigenvalue weighted by Gasteiger charge is 2.18. The summed E-state index contributed by atoms with van der Waals surface area (Å²) in [4.78, 5) is 8.40. The minimum absolute atomic E-state index is 0.933. The molecule has 2 aromatic rings. The first kappa shape index (κ1) is 16.1. The van der Waals surface area contributed by atoms with E-state index in [0.29, 0.717) is 0 Å². The largest absolute Gasteiger partial charge is 0.314 e. The summed E-state index contributed by atoms with van der Waals surface area (Å²) < 4.78 is 2.43. The summed E-state index contributed by atoms with van der Waals surface area (Å²) in [6, 6.07) is 13.3. The van der Waals surface area contributed by atoms with Crippen molar-refractivity contribution in [2.75, 3.05) is 32.7 Å². The van der Waals surface area contributed by atoms with Crippen LogP contribution in [-0.2, 0) is 19.5 Å². The summed E-state index contributed by atoms with van der Waals surface area (Å²) in [6.07, 6.45) is 3.00. The highest BCUT2D eigenvalue weighted by atomic mass is 32.2. The summed E-state index contributed by atoms with van der Waals surface area (Å²) in [7, 11) is 0. The number of nitrogens with one attached hydrogen (secondary N) is 1. The van der Waals surface area contributed by atoms with Crippen LogP contribution in [0.4, 0.5) is 0 Å². The first-order chi connectivity index (χ1) is 11.9. The molecule has 0 radical (unpaired) electrons. The quantitative estimate of drug-likeness (QED) is 0.865. The molecule has 1 aromatic heterocycles. The van der Waals surface area contributed by atoms with Crippen LogP contribution in [0.25, 0.3) is 0 Å². The Balaban J connectivity index is 1.39. The Morgan fingerprint density at radius 3 is 2.92 bits per heavy atom. The molecule has 1 N–H and O–H groups in total. The molecule has 0 spiro atoms. The fourth-order valence-corrected chi connectivity index (χ4v) is 4.40. The van der Waals surface area contributed by atoms with E-state index in [1.54, 1.807) is 0 Å². The molecule has 1 fully saturated rings. The van der Waals surface area contributed by atoms with Crippen molar-refractivity contribution in [1.29, 1.82) is 0 Å². The fraction of sp³-hybridized carbons (Fsp3) is 0.421. The van der Waals surface area contributed by atoms with E-state index in [2.05, 4.69) is 49.8 Å². The summed E-state index contributed by atoms with van der Waals surface area (Å²) in [6.45, 7) is 7.58. The minimum atomic E-state index is 0.933.